The maximum atomic E-state index is 10.5. The molecule has 3 heteroatoms. The second-order valence-corrected chi connectivity index (χ2v) is 6.43. The van der Waals surface area contributed by atoms with Gasteiger partial charge in [0.2, 0.25) is 0 Å². The van der Waals surface area contributed by atoms with Crippen LogP contribution in [0.25, 0.3) is 10.9 Å². The van der Waals surface area contributed by atoms with Crippen LogP contribution < -0.4 is 0 Å². The summed E-state index contributed by atoms with van der Waals surface area (Å²) in [6, 6.07) is 6.85. The van der Waals surface area contributed by atoms with Gasteiger partial charge in [-0.3, -0.25) is 4.90 Å². The largest absolute Gasteiger partial charge is 0.344 e. The Morgan fingerprint density at radius 2 is 2.14 bits per heavy atom. The number of carbonyl (C=O) groups is 1. The van der Waals surface area contributed by atoms with Gasteiger partial charge in [-0.25, -0.2) is 0 Å². The molecule has 0 saturated heterocycles. The molecule has 0 saturated carbocycles. The van der Waals surface area contributed by atoms with E-state index in [1.807, 2.05) is 0 Å². The van der Waals surface area contributed by atoms with Gasteiger partial charge in [-0.2, -0.15) is 0 Å². The number of aryl methyl sites for hydroxylation is 2. The maximum Gasteiger partial charge on any atom is 0.120 e. The number of nitrogens with zero attached hydrogens (tertiary/aromatic N) is 2. The molecule has 3 rings (SSSR count). The third kappa shape index (κ3) is 2.82. The Morgan fingerprint density at radius 3 is 2.91 bits per heavy atom. The van der Waals surface area contributed by atoms with Gasteiger partial charge in [-0.05, 0) is 44.0 Å². The zero-order valence-corrected chi connectivity index (χ0v) is 13.8. The summed E-state index contributed by atoms with van der Waals surface area (Å²) in [5.41, 5.74) is 5.79. The van der Waals surface area contributed by atoms with Crippen molar-refractivity contribution in [2.24, 2.45) is 0 Å². The van der Waals surface area contributed by atoms with Crippen molar-refractivity contribution in [1.29, 1.82) is 0 Å². The first-order valence-electron chi connectivity index (χ1n) is 8.51. The summed E-state index contributed by atoms with van der Waals surface area (Å²) >= 11 is 0. The zero-order chi connectivity index (χ0) is 15.5. The molecule has 2 aromatic rings. The van der Waals surface area contributed by atoms with Crippen molar-refractivity contribution in [1.82, 2.24) is 9.47 Å². The van der Waals surface area contributed by atoms with E-state index in [1.165, 1.54) is 34.1 Å². The second-order valence-electron chi connectivity index (χ2n) is 6.43. The minimum atomic E-state index is 0.681. The lowest BCUT2D eigenvalue weighted by molar-refractivity contribution is -0.108. The van der Waals surface area contributed by atoms with Gasteiger partial charge in [0.05, 0.1) is 0 Å². The molecule has 118 valence electrons. The third-order valence-electron chi connectivity index (χ3n) is 4.73. The molecular weight excluding hydrogens is 272 g/mol. The van der Waals surface area contributed by atoms with E-state index >= 15 is 0 Å². The van der Waals surface area contributed by atoms with Gasteiger partial charge in [0.25, 0.3) is 0 Å². The predicted octanol–water partition coefficient (Wildman–Crippen LogP) is 3.70. The quantitative estimate of drug-likeness (QED) is 0.600. The molecule has 0 atom stereocenters. The smallest absolute Gasteiger partial charge is 0.120 e. The Balaban J connectivity index is 1.95. The molecule has 0 N–H and O–H groups in total. The van der Waals surface area contributed by atoms with E-state index in [4.69, 9.17) is 0 Å². The molecule has 0 radical (unpaired) electrons. The Hall–Kier alpha value is -1.61. The van der Waals surface area contributed by atoms with Crippen LogP contribution >= 0.6 is 0 Å². The molecule has 0 aliphatic carbocycles. The van der Waals surface area contributed by atoms with Crippen LogP contribution in [0.2, 0.25) is 0 Å². The predicted molar refractivity (Wildman–Crippen MR) is 91.2 cm³/mol. The summed E-state index contributed by atoms with van der Waals surface area (Å²) in [6.07, 6.45) is 4.99. The minimum Gasteiger partial charge on any atom is -0.344 e. The van der Waals surface area contributed by atoms with E-state index in [0.29, 0.717) is 6.42 Å². The fourth-order valence-electron chi connectivity index (χ4n) is 3.69. The van der Waals surface area contributed by atoms with Crippen LogP contribution in [0.1, 0.15) is 43.0 Å². The summed E-state index contributed by atoms with van der Waals surface area (Å²) < 4.78 is 2.53. The standard InChI is InChI=1S/C19H26N2O/c1-3-9-21-18-7-6-15(2)13-16(18)17-14-20(10-4-5-12-22)11-8-19(17)21/h6-7,12-13H,3-5,8-11,14H2,1-2H3. The summed E-state index contributed by atoms with van der Waals surface area (Å²) in [7, 11) is 0. The van der Waals surface area contributed by atoms with Gasteiger partial charge in [0.15, 0.2) is 0 Å². The monoisotopic (exact) mass is 298 g/mol. The minimum absolute atomic E-state index is 0.681. The number of fused-ring (bicyclic) bond motifs is 3. The molecule has 0 spiro atoms. The Labute approximate surface area is 132 Å². The van der Waals surface area contributed by atoms with E-state index < -0.39 is 0 Å². The van der Waals surface area contributed by atoms with Crippen LogP contribution in [0.15, 0.2) is 18.2 Å². The van der Waals surface area contributed by atoms with Crippen molar-refractivity contribution in [3.8, 4) is 0 Å². The molecule has 3 nitrogen and oxygen atoms in total. The molecule has 0 unspecified atom stereocenters. The topological polar surface area (TPSA) is 25.2 Å². The number of aldehydes is 1. The number of unbranched alkanes of at least 4 members (excludes halogenated alkanes) is 1. The molecule has 2 heterocycles. The van der Waals surface area contributed by atoms with Crippen LogP contribution in [0, 0.1) is 6.92 Å². The normalized spacial score (nSPS) is 15.2. The van der Waals surface area contributed by atoms with Crippen molar-refractivity contribution in [3.63, 3.8) is 0 Å². The van der Waals surface area contributed by atoms with Gasteiger partial charge < -0.3 is 9.36 Å². The van der Waals surface area contributed by atoms with Gasteiger partial charge in [-0.15, -0.1) is 0 Å². The SMILES string of the molecule is CCCn1c2c(c3cc(C)ccc31)CN(CCCC=O)CC2. The summed E-state index contributed by atoms with van der Waals surface area (Å²) in [4.78, 5) is 13.0. The summed E-state index contributed by atoms with van der Waals surface area (Å²) in [6.45, 7) is 8.72. The Bertz CT molecular complexity index is 672. The number of hydrogen-bond donors (Lipinski definition) is 0. The van der Waals surface area contributed by atoms with Crippen LogP contribution in [0.3, 0.4) is 0 Å². The second kappa shape index (κ2) is 6.66. The number of benzene rings is 1. The first kappa shape index (κ1) is 15.3. The Morgan fingerprint density at radius 1 is 1.27 bits per heavy atom. The number of carbonyl (C=O) groups excluding carboxylic acids is 1. The van der Waals surface area contributed by atoms with Crippen molar-refractivity contribution >= 4 is 17.2 Å². The molecule has 0 fully saturated rings. The van der Waals surface area contributed by atoms with E-state index in [0.717, 1.165) is 45.3 Å². The fourth-order valence-corrected chi connectivity index (χ4v) is 3.69. The highest BCUT2D eigenvalue weighted by Crippen LogP contribution is 2.32. The Kier molecular flexibility index (Phi) is 4.63. The molecule has 1 aliphatic heterocycles. The van der Waals surface area contributed by atoms with Crippen LogP contribution in [0.5, 0.6) is 0 Å². The lowest BCUT2D eigenvalue weighted by Crippen LogP contribution is -2.32. The number of hydrogen-bond acceptors (Lipinski definition) is 2. The zero-order valence-electron chi connectivity index (χ0n) is 13.8. The van der Waals surface area contributed by atoms with Crippen LogP contribution in [-0.2, 0) is 24.3 Å². The molecular formula is C19H26N2O. The van der Waals surface area contributed by atoms with E-state index in [1.54, 1.807) is 0 Å². The van der Waals surface area contributed by atoms with E-state index in [-0.39, 0.29) is 0 Å². The molecule has 1 aromatic heterocycles. The van der Waals surface area contributed by atoms with Crippen molar-refractivity contribution < 1.29 is 4.79 Å². The molecule has 1 aliphatic rings. The maximum absolute atomic E-state index is 10.5. The van der Waals surface area contributed by atoms with Crippen molar-refractivity contribution in [3.05, 3.63) is 35.0 Å². The number of aromatic nitrogens is 1. The average molecular weight is 298 g/mol. The lowest BCUT2D eigenvalue weighted by Gasteiger charge is -2.28. The first-order valence-corrected chi connectivity index (χ1v) is 8.51. The fraction of sp³-hybridized carbons (Fsp3) is 0.526. The average Bonchev–Trinajstić information content (AvgIpc) is 2.81. The first-order chi connectivity index (χ1) is 10.7. The van der Waals surface area contributed by atoms with E-state index in [9.17, 15) is 4.79 Å². The van der Waals surface area contributed by atoms with Crippen molar-refractivity contribution in [2.45, 2.75) is 52.6 Å². The van der Waals surface area contributed by atoms with Crippen LogP contribution in [-0.4, -0.2) is 28.8 Å². The molecule has 0 amide bonds. The summed E-state index contributed by atoms with van der Waals surface area (Å²) in [5, 5.41) is 1.43. The highest BCUT2D eigenvalue weighted by Gasteiger charge is 2.23. The highest BCUT2D eigenvalue weighted by molar-refractivity contribution is 5.86. The molecule has 1 aromatic carbocycles. The number of rotatable bonds is 6. The van der Waals surface area contributed by atoms with Gasteiger partial charge in [-0.1, -0.05) is 18.6 Å². The van der Waals surface area contributed by atoms with Gasteiger partial charge >= 0.3 is 0 Å². The third-order valence-corrected chi connectivity index (χ3v) is 4.73. The summed E-state index contributed by atoms with van der Waals surface area (Å²) in [5.74, 6) is 0. The molecule has 22 heavy (non-hydrogen) atoms. The van der Waals surface area contributed by atoms with Gasteiger partial charge in [0, 0.05) is 49.1 Å². The molecule has 0 bridgehead atoms. The highest BCUT2D eigenvalue weighted by atomic mass is 16.1. The lowest BCUT2D eigenvalue weighted by atomic mass is 10.0. The van der Waals surface area contributed by atoms with Gasteiger partial charge in [0.1, 0.15) is 6.29 Å². The van der Waals surface area contributed by atoms with Crippen LogP contribution in [0.4, 0.5) is 0 Å². The van der Waals surface area contributed by atoms with E-state index in [2.05, 4.69) is 41.5 Å². The van der Waals surface area contributed by atoms with Crippen molar-refractivity contribution in [2.75, 3.05) is 13.1 Å².